The quantitative estimate of drug-likeness (QED) is 0.497. The van der Waals surface area contributed by atoms with Crippen molar-refractivity contribution in [3.8, 4) is 0 Å². The summed E-state index contributed by atoms with van der Waals surface area (Å²) in [6, 6.07) is 0. The molecule has 0 saturated heterocycles. The number of hydrogen-bond donors (Lipinski definition) is 1. The lowest BCUT2D eigenvalue weighted by molar-refractivity contribution is -0.332. The summed E-state index contributed by atoms with van der Waals surface area (Å²) >= 11 is 0. The molecule has 0 spiro atoms. The molecule has 0 radical (unpaired) electrons. The highest BCUT2D eigenvalue weighted by molar-refractivity contribution is 4.83. The first-order valence-electron chi connectivity index (χ1n) is 4.04. The van der Waals surface area contributed by atoms with Gasteiger partial charge in [0.15, 0.2) is 0 Å². The third-order valence-electron chi connectivity index (χ3n) is 2.58. The van der Waals surface area contributed by atoms with Gasteiger partial charge in [0.1, 0.15) is 5.60 Å². The molecule has 0 aromatic carbocycles. The highest BCUT2D eigenvalue weighted by Crippen LogP contribution is 2.35. The van der Waals surface area contributed by atoms with Crippen molar-refractivity contribution in [3.05, 3.63) is 0 Å². The molecule has 0 heterocycles. The van der Waals surface area contributed by atoms with Crippen molar-refractivity contribution in [2.75, 3.05) is 0 Å². The van der Waals surface area contributed by atoms with E-state index < -0.39 is 5.60 Å². The third-order valence-corrected chi connectivity index (χ3v) is 2.58. The summed E-state index contributed by atoms with van der Waals surface area (Å²) in [5, 5.41) is 8.63. The molecule has 0 rings (SSSR count). The minimum Gasteiger partial charge on any atom is -0.251 e. The van der Waals surface area contributed by atoms with Crippen molar-refractivity contribution in [3.63, 3.8) is 0 Å². The Kier molecular flexibility index (Phi) is 3.09. The van der Waals surface area contributed by atoms with Gasteiger partial charge in [0, 0.05) is 0 Å². The molecule has 2 nitrogen and oxygen atoms in total. The molecule has 0 bridgehead atoms. The fourth-order valence-electron chi connectivity index (χ4n) is 1.12. The lowest BCUT2D eigenvalue weighted by Gasteiger charge is -2.37. The van der Waals surface area contributed by atoms with E-state index in [1.165, 1.54) is 0 Å². The largest absolute Gasteiger partial charge is 0.251 e. The summed E-state index contributed by atoms with van der Waals surface area (Å²) in [7, 11) is 0. The Labute approximate surface area is 69.5 Å². The van der Waals surface area contributed by atoms with Gasteiger partial charge in [-0.05, 0) is 25.2 Å². The maximum absolute atomic E-state index is 8.63. The van der Waals surface area contributed by atoms with E-state index in [4.69, 9.17) is 5.26 Å². The minimum absolute atomic E-state index is 0.159. The van der Waals surface area contributed by atoms with Crippen LogP contribution in [0.2, 0.25) is 0 Å². The van der Waals surface area contributed by atoms with Crippen LogP contribution in [0.5, 0.6) is 0 Å². The van der Waals surface area contributed by atoms with E-state index in [-0.39, 0.29) is 5.41 Å². The molecule has 1 atom stereocenters. The molecule has 0 fully saturated rings. The summed E-state index contributed by atoms with van der Waals surface area (Å²) < 4.78 is 0. The van der Waals surface area contributed by atoms with Gasteiger partial charge in [-0.1, -0.05) is 27.7 Å². The second-order valence-corrected chi connectivity index (χ2v) is 4.78. The summed E-state index contributed by atoms with van der Waals surface area (Å²) in [5.74, 6) is 0.306. The van der Waals surface area contributed by atoms with Gasteiger partial charge in [0.2, 0.25) is 0 Å². The van der Waals surface area contributed by atoms with Crippen LogP contribution in [0.1, 0.15) is 41.5 Å². The molecule has 68 valence electrons. The van der Waals surface area contributed by atoms with Crippen molar-refractivity contribution < 1.29 is 10.1 Å². The Hall–Kier alpha value is -0.0800. The van der Waals surface area contributed by atoms with Crippen LogP contribution in [-0.2, 0) is 4.89 Å². The van der Waals surface area contributed by atoms with Crippen LogP contribution >= 0.6 is 0 Å². The molecule has 0 aliphatic heterocycles. The molecule has 0 aliphatic rings. The van der Waals surface area contributed by atoms with E-state index in [0.29, 0.717) is 5.92 Å². The fourth-order valence-corrected chi connectivity index (χ4v) is 1.12. The molecule has 0 amide bonds. The van der Waals surface area contributed by atoms with Gasteiger partial charge in [-0.2, -0.15) is 0 Å². The van der Waals surface area contributed by atoms with Gasteiger partial charge in [0.05, 0.1) is 0 Å². The van der Waals surface area contributed by atoms with Gasteiger partial charge in [0.25, 0.3) is 0 Å². The second kappa shape index (κ2) is 3.11. The predicted octanol–water partition coefficient (Wildman–Crippen LogP) is 2.94. The maximum Gasteiger partial charge on any atom is 0.101 e. The SMILES string of the molecule is CC(C(C)(C)C)C(C)(C)OO. The van der Waals surface area contributed by atoms with Crippen molar-refractivity contribution in [2.24, 2.45) is 11.3 Å². The lowest BCUT2D eigenvalue weighted by atomic mass is 9.73. The lowest BCUT2D eigenvalue weighted by Crippen LogP contribution is -2.39. The van der Waals surface area contributed by atoms with E-state index in [1.54, 1.807) is 0 Å². The number of hydrogen-bond acceptors (Lipinski definition) is 2. The van der Waals surface area contributed by atoms with Crippen molar-refractivity contribution in [1.82, 2.24) is 0 Å². The van der Waals surface area contributed by atoms with Crippen LogP contribution in [0, 0.1) is 11.3 Å². The van der Waals surface area contributed by atoms with E-state index >= 15 is 0 Å². The Morgan fingerprint density at radius 1 is 1.09 bits per heavy atom. The molecule has 0 saturated carbocycles. The molecule has 0 aromatic heterocycles. The average Bonchev–Trinajstić information content (AvgIpc) is 1.84. The molecule has 2 heteroatoms. The summed E-state index contributed by atoms with van der Waals surface area (Å²) in [4.78, 5) is 4.43. The van der Waals surface area contributed by atoms with Crippen LogP contribution in [0.15, 0.2) is 0 Å². The Bertz CT molecular complexity index is 122. The maximum atomic E-state index is 8.63. The molecule has 11 heavy (non-hydrogen) atoms. The molecular weight excluding hydrogens is 140 g/mol. The molecule has 1 unspecified atom stereocenters. The molecular formula is C9H20O2. The van der Waals surface area contributed by atoms with Gasteiger partial charge < -0.3 is 0 Å². The Balaban J connectivity index is 4.35. The first kappa shape index (κ1) is 10.9. The van der Waals surface area contributed by atoms with E-state index in [1.807, 2.05) is 13.8 Å². The highest BCUT2D eigenvalue weighted by atomic mass is 17.1. The van der Waals surface area contributed by atoms with Crippen LogP contribution in [0.4, 0.5) is 0 Å². The van der Waals surface area contributed by atoms with Crippen LogP contribution in [-0.4, -0.2) is 10.9 Å². The zero-order chi connectivity index (χ0) is 9.28. The third kappa shape index (κ3) is 2.80. The van der Waals surface area contributed by atoms with Crippen LogP contribution < -0.4 is 0 Å². The van der Waals surface area contributed by atoms with Crippen LogP contribution in [0.25, 0.3) is 0 Å². The highest BCUT2D eigenvalue weighted by Gasteiger charge is 2.35. The van der Waals surface area contributed by atoms with Crippen molar-refractivity contribution >= 4 is 0 Å². The minimum atomic E-state index is -0.460. The van der Waals surface area contributed by atoms with Gasteiger partial charge >= 0.3 is 0 Å². The first-order chi connectivity index (χ1) is 4.72. The van der Waals surface area contributed by atoms with Crippen LogP contribution in [0.3, 0.4) is 0 Å². The molecule has 0 aliphatic carbocycles. The molecule has 1 N–H and O–H groups in total. The monoisotopic (exact) mass is 160 g/mol. The smallest absolute Gasteiger partial charge is 0.101 e. The van der Waals surface area contributed by atoms with E-state index in [9.17, 15) is 0 Å². The van der Waals surface area contributed by atoms with E-state index in [0.717, 1.165) is 0 Å². The first-order valence-corrected chi connectivity index (χ1v) is 4.04. The normalized spacial score (nSPS) is 16.6. The zero-order valence-electron chi connectivity index (χ0n) is 8.43. The topological polar surface area (TPSA) is 29.5 Å². The average molecular weight is 160 g/mol. The number of rotatable bonds is 2. The fraction of sp³-hybridized carbons (Fsp3) is 1.00. The Morgan fingerprint density at radius 3 is 1.55 bits per heavy atom. The predicted molar refractivity (Wildman–Crippen MR) is 46.4 cm³/mol. The summed E-state index contributed by atoms with van der Waals surface area (Å²) in [5.41, 5.74) is -0.301. The Morgan fingerprint density at radius 2 is 1.45 bits per heavy atom. The van der Waals surface area contributed by atoms with Crippen molar-refractivity contribution in [1.29, 1.82) is 0 Å². The van der Waals surface area contributed by atoms with Gasteiger partial charge in [-0.25, -0.2) is 4.89 Å². The zero-order valence-corrected chi connectivity index (χ0v) is 8.43. The summed E-state index contributed by atoms with van der Waals surface area (Å²) in [6.07, 6.45) is 0. The summed E-state index contributed by atoms with van der Waals surface area (Å²) in [6.45, 7) is 12.3. The second-order valence-electron chi connectivity index (χ2n) is 4.78. The van der Waals surface area contributed by atoms with E-state index in [2.05, 4.69) is 32.6 Å². The molecule has 0 aromatic rings. The standard InChI is InChI=1S/C9H20O2/c1-7(8(2,3)4)9(5,6)11-10/h7,10H,1-6H3. The van der Waals surface area contributed by atoms with Crippen molar-refractivity contribution in [2.45, 2.75) is 47.1 Å². The van der Waals surface area contributed by atoms with Gasteiger partial charge in [-0.3, -0.25) is 5.26 Å². The van der Waals surface area contributed by atoms with Gasteiger partial charge in [-0.15, -0.1) is 0 Å².